The van der Waals surface area contributed by atoms with Gasteiger partial charge in [0.05, 0.1) is 30.6 Å². The summed E-state index contributed by atoms with van der Waals surface area (Å²) in [6, 6.07) is 12.1. The molecule has 33 heavy (non-hydrogen) atoms. The Bertz CT molecular complexity index is 1130. The summed E-state index contributed by atoms with van der Waals surface area (Å²) in [5, 5.41) is 13.2. The number of hydrogen-bond donors (Lipinski definition) is 3. The van der Waals surface area contributed by atoms with Crippen molar-refractivity contribution in [2.75, 3.05) is 31.6 Å². The Labute approximate surface area is 196 Å². The number of rotatable bonds is 8. The highest BCUT2D eigenvalue weighted by Gasteiger charge is 2.18. The standard InChI is InChI=1S/C24H27FN4O3S/c1-15(30)11-16-5-6-18(20(25)12-16)21-13-19(23(26)31)24(33-21)28-22-4-2-3-17(27-22)14-29-7-9-32-10-8-29/h2-6,12-13,15,30H,7-11,14H2,1H3,(H2,26,31)(H,27,28). The van der Waals surface area contributed by atoms with Crippen molar-refractivity contribution in [2.24, 2.45) is 5.73 Å². The van der Waals surface area contributed by atoms with Crippen LogP contribution in [-0.2, 0) is 17.7 Å². The van der Waals surface area contributed by atoms with E-state index in [4.69, 9.17) is 10.5 Å². The van der Waals surface area contributed by atoms with E-state index in [1.54, 1.807) is 25.1 Å². The van der Waals surface area contributed by atoms with Gasteiger partial charge in [-0.05, 0) is 43.2 Å². The number of benzene rings is 1. The van der Waals surface area contributed by atoms with Crippen LogP contribution in [0.15, 0.2) is 42.5 Å². The van der Waals surface area contributed by atoms with Gasteiger partial charge in [0.25, 0.3) is 5.91 Å². The van der Waals surface area contributed by atoms with Crippen molar-refractivity contribution in [2.45, 2.75) is 26.0 Å². The Balaban J connectivity index is 1.56. The number of aliphatic hydroxyl groups is 1. The Morgan fingerprint density at radius 2 is 2.09 bits per heavy atom. The number of pyridine rings is 1. The van der Waals surface area contributed by atoms with Crippen LogP contribution in [0.4, 0.5) is 15.2 Å². The Morgan fingerprint density at radius 1 is 1.30 bits per heavy atom. The van der Waals surface area contributed by atoms with Crippen LogP contribution in [0.1, 0.15) is 28.5 Å². The number of hydrogen-bond acceptors (Lipinski definition) is 7. The lowest BCUT2D eigenvalue weighted by Crippen LogP contribution is -2.35. The van der Waals surface area contributed by atoms with Gasteiger partial charge in [-0.25, -0.2) is 9.37 Å². The fourth-order valence-corrected chi connectivity index (χ4v) is 4.87. The maximum Gasteiger partial charge on any atom is 0.251 e. The first-order valence-corrected chi connectivity index (χ1v) is 11.6. The highest BCUT2D eigenvalue weighted by molar-refractivity contribution is 7.19. The first-order chi connectivity index (χ1) is 15.9. The van der Waals surface area contributed by atoms with Crippen molar-refractivity contribution in [3.05, 3.63) is 65.1 Å². The van der Waals surface area contributed by atoms with Gasteiger partial charge in [0.15, 0.2) is 0 Å². The zero-order valence-electron chi connectivity index (χ0n) is 18.4. The molecule has 3 heterocycles. The summed E-state index contributed by atoms with van der Waals surface area (Å²) < 4.78 is 20.2. The summed E-state index contributed by atoms with van der Waals surface area (Å²) in [6.07, 6.45) is -0.186. The van der Waals surface area contributed by atoms with E-state index in [0.717, 1.165) is 18.8 Å². The van der Waals surface area contributed by atoms with Crippen molar-refractivity contribution in [3.63, 3.8) is 0 Å². The zero-order chi connectivity index (χ0) is 23.4. The minimum absolute atomic E-state index is 0.280. The molecule has 174 valence electrons. The van der Waals surface area contributed by atoms with Crippen LogP contribution in [0.25, 0.3) is 10.4 Å². The fraction of sp³-hybridized carbons (Fsp3) is 0.333. The fourth-order valence-electron chi connectivity index (χ4n) is 3.77. The van der Waals surface area contributed by atoms with Crippen LogP contribution in [0.2, 0.25) is 0 Å². The van der Waals surface area contributed by atoms with Crippen molar-refractivity contribution in [3.8, 4) is 10.4 Å². The molecule has 1 fully saturated rings. The molecule has 1 aliphatic heterocycles. The molecule has 1 aromatic carbocycles. The third kappa shape index (κ3) is 5.94. The zero-order valence-corrected chi connectivity index (χ0v) is 19.2. The highest BCUT2D eigenvalue weighted by Crippen LogP contribution is 2.38. The smallest absolute Gasteiger partial charge is 0.251 e. The number of morpholine rings is 1. The third-order valence-electron chi connectivity index (χ3n) is 5.37. The van der Waals surface area contributed by atoms with Gasteiger partial charge in [0.2, 0.25) is 0 Å². The average Bonchev–Trinajstić information content (AvgIpc) is 3.18. The molecule has 0 bridgehead atoms. The van der Waals surface area contributed by atoms with E-state index in [-0.39, 0.29) is 5.56 Å². The molecule has 4 rings (SSSR count). The third-order valence-corrected chi connectivity index (χ3v) is 6.45. The van der Waals surface area contributed by atoms with Crippen molar-refractivity contribution in [1.29, 1.82) is 0 Å². The Kier molecular flexibility index (Phi) is 7.34. The number of aromatic nitrogens is 1. The van der Waals surface area contributed by atoms with Gasteiger partial charge in [-0.1, -0.05) is 18.2 Å². The number of carbonyl (C=O) groups excluding carboxylic acids is 1. The SMILES string of the molecule is CC(O)Cc1ccc(-c2cc(C(N)=O)c(Nc3cccc(CN4CCOCC4)n3)s2)c(F)c1. The molecule has 2 aromatic heterocycles. The summed E-state index contributed by atoms with van der Waals surface area (Å²) in [4.78, 5) is 19.6. The highest BCUT2D eigenvalue weighted by atomic mass is 32.1. The van der Waals surface area contributed by atoms with Gasteiger partial charge >= 0.3 is 0 Å². The van der Waals surface area contributed by atoms with Crippen LogP contribution in [0.5, 0.6) is 0 Å². The summed E-state index contributed by atoms with van der Waals surface area (Å²) in [5.74, 6) is -0.428. The molecule has 1 amide bonds. The largest absolute Gasteiger partial charge is 0.393 e. The number of nitrogens with zero attached hydrogens (tertiary/aromatic N) is 2. The number of thiophene rings is 1. The Hall–Kier alpha value is -2.85. The lowest BCUT2D eigenvalue weighted by Gasteiger charge is -2.26. The molecule has 1 atom stereocenters. The monoisotopic (exact) mass is 470 g/mol. The summed E-state index contributed by atoms with van der Waals surface area (Å²) >= 11 is 1.24. The van der Waals surface area contributed by atoms with Gasteiger partial charge < -0.3 is 20.9 Å². The second-order valence-electron chi connectivity index (χ2n) is 8.11. The molecule has 0 aliphatic carbocycles. The normalized spacial score (nSPS) is 15.4. The number of nitrogens with one attached hydrogen (secondary N) is 1. The van der Waals surface area contributed by atoms with Gasteiger partial charge in [-0.3, -0.25) is 9.69 Å². The van der Waals surface area contributed by atoms with Crippen LogP contribution in [0.3, 0.4) is 0 Å². The molecule has 1 aliphatic rings. The molecule has 0 radical (unpaired) electrons. The second-order valence-corrected chi connectivity index (χ2v) is 9.16. The van der Waals surface area contributed by atoms with E-state index in [1.807, 2.05) is 18.2 Å². The van der Waals surface area contributed by atoms with E-state index >= 15 is 0 Å². The lowest BCUT2D eigenvalue weighted by atomic mass is 10.0. The van der Waals surface area contributed by atoms with Crippen LogP contribution < -0.4 is 11.1 Å². The quantitative estimate of drug-likeness (QED) is 0.466. The minimum Gasteiger partial charge on any atom is -0.393 e. The van der Waals surface area contributed by atoms with E-state index in [1.165, 1.54) is 17.4 Å². The van der Waals surface area contributed by atoms with Crippen molar-refractivity contribution < 1.29 is 19.0 Å². The molecule has 3 aromatic rings. The molecule has 0 spiro atoms. The number of carbonyl (C=O) groups is 1. The molecule has 4 N–H and O–H groups in total. The first kappa shape index (κ1) is 23.3. The lowest BCUT2D eigenvalue weighted by molar-refractivity contribution is 0.0337. The van der Waals surface area contributed by atoms with Crippen molar-refractivity contribution in [1.82, 2.24) is 9.88 Å². The van der Waals surface area contributed by atoms with Crippen molar-refractivity contribution >= 4 is 28.1 Å². The number of aliphatic hydroxyl groups excluding tert-OH is 1. The topological polar surface area (TPSA) is 101 Å². The summed E-state index contributed by atoms with van der Waals surface area (Å²) in [7, 11) is 0. The molecule has 1 saturated heterocycles. The molecule has 0 saturated carbocycles. The number of primary amides is 1. The van der Waals surface area contributed by atoms with E-state index in [2.05, 4.69) is 15.2 Å². The maximum atomic E-state index is 14.8. The maximum absolute atomic E-state index is 14.8. The molecular weight excluding hydrogens is 443 g/mol. The van der Waals surface area contributed by atoms with Crippen LogP contribution in [-0.4, -0.2) is 53.3 Å². The predicted molar refractivity (Wildman–Crippen MR) is 127 cm³/mol. The molecular formula is C24H27FN4O3S. The number of amides is 1. The van der Waals surface area contributed by atoms with Gasteiger partial charge in [0, 0.05) is 30.1 Å². The average molecular weight is 471 g/mol. The van der Waals surface area contributed by atoms with Gasteiger partial charge in [-0.2, -0.15) is 0 Å². The minimum atomic E-state index is -0.601. The molecule has 9 heteroatoms. The molecule has 7 nitrogen and oxygen atoms in total. The summed E-state index contributed by atoms with van der Waals surface area (Å²) in [6.45, 7) is 5.53. The van der Waals surface area contributed by atoms with E-state index < -0.39 is 17.8 Å². The van der Waals surface area contributed by atoms with Gasteiger partial charge in [0.1, 0.15) is 16.6 Å². The van der Waals surface area contributed by atoms with Crippen LogP contribution in [0, 0.1) is 5.82 Å². The first-order valence-electron chi connectivity index (χ1n) is 10.8. The predicted octanol–water partition coefficient (Wildman–Crippen LogP) is 3.55. The number of ether oxygens (including phenoxy) is 1. The second kappa shape index (κ2) is 10.4. The summed E-state index contributed by atoms with van der Waals surface area (Å²) in [5.41, 5.74) is 7.86. The van der Waals surface area contributed by atoms with E-state index in [9.17, 15) is 14.3 Å². The van der Waals surface area contributed by atoms with Crippen LogP contribution >= 0.6 is 11.3 Å². The number of anilines is 2. The Morgan fingerprint density at radius 3 is 2.79 bits per heavy atom. The van der Waals surface area contributed by atoms with E-state index in [0.29, 0.717) is 53.0 Å². The number of halogens is 1. The van der Waals surface area contributed by atoms with Gasteiger partial charge in [-0.15, -0.1) is 11.3 Å². The number of nitrogens with two attached hydrogens (primary N) is 1. The molecule has 1 unspecified atom stereocenters.